The van der Waals surface area contributed by atoms with Crippen molar-refractivity contribution in [2.45, 2.75) is 51.0 Å². The molecule has 1 aliphatic heterocycles. The third-order valence-corrected chi connectivity index (χ3v) is 5.60. The predicted molar refractivity (Wildman–Crippen MR) is 75.7 cm³/mol. The van der Waals surface area contributed by atoms with Crippen molar-refractivity contribution in [2.75, 3.05) is 32.7 Å². The molecule has 19 heavy (non-hydrogen) atoms. The molecule has 2 aliphatic carbocycles. The molecule has 4 nitrogen and oxygen atoms in total. The van der Waals surface area contributed by atoms with E-state index in [0.29, 0.717) is 12.5 Å². The zero-order valence-electron chi connectivity index (χ0n) is 11.9. The van der Waals surface area contributed by atoms with Gasteiger partial charge in [0.25, 0.3) is 0 Å². The summed E-state index contributed by atoms with van der Waals surface area (Å²) >= 11 is 0. The van der Waals surface area contributed by atoms with Crippen LogP contribution >= 0.6 is 0 Å². The second kappa shape index (κ2) is 5.41. The smallest absolute Gasteiger partial charge is 0.230 e. The Morgan fingerprint density at radius 2 is 1.68 bits per heavy atom. The molecule has 0 aromatic carbocycles. The third kappa shape index (κ3) is 2.40. The Hall–Kier alpha value is -0.610. The normalized spacial score (nSPS) is 28.4. The van der Waals surface area contributed by atoms with Crippen molar-refractivity contribution in [3.63, 3.8) is 0 Å². The van der Waals surface area contributed by atoms with Crippen LogP contribution in [0.3, 0.4) is 0 Å². The van der Waals surface area contributed by atoms with Gasteiger partial charge in [-0.2, -0.15) is 0 Å². The maximum Gasteiger partial charge on any atom is 0.230 e. The van der Waals surface area contributed by atoms with Gasteiger partial charge in [0.05, 0.1) is 5.41 Å². The fourth-order valence-corrected chi connectivity index (χ4v) is 3.93. The third-order valence-electron chi connectivity index (χ3n) is 5.60. The number of piperazine rings is 1. The Morgan fingerprint density at radius 3 is 2.16 bits per heavy atom. The summed E-state index contributed by atoms with van der Waals surface area (Å²) in [6, 6.07) is 0.812. The van der Waals surface area contributed by atoms with Gasteiger partial charge in [0.1, 0.15) is 0 Å². The van der Waals surface area contributed by atoms with Crippen molar-refractivity contribution in [3.05, 3.63) is 0 Å². The summed E-state index contributed by atoms with van der Waals surface area (Å²) in [5.41, 5.74) is 5.71. The predicted octanol–water partition coefficient (Wildman–Crippen LogP) is 1.20. The van der Waals surface area contributed by atoms with Crippen LogP contribution in [0.2, 0.25) is 0 Å². The summed E-state index contributed by atoms with van der Waals surface area (Å²) in [5.74, 6) is 0.348. The molecular weight excluding hydrogens is 238 g/mol. The highest BCUT2D eigenvalue weighted by molar-refractivity contribution is 5.83. The summed E-state index contributed by atoms with van der Waals surface area (Å²) in [4.78, 5) is 17.4. The molecule has 0 bridgehead atoms. The van der Waals surface area contributed by atoms with Gasteiger partial charge < -0.3 is 10.6 Å². The van der Waals surface area contributed by atoms with E-state index in [1.807, 2.05) is 0 Å². The van der Waals surface area contributed by atoms with Gasteiger partial charge in [0.2, 0.25) is 5.91 Å². The SMILES string of the molecule is NCC1(C(=O)N2CCN(C3CCC3)CC2)CCCC1. The number of carbonyl (C=O) groups is 1. The quantitative estimate of drug-likeness (QED) is 0.834. The molecule has 4 heteroatoms. The first-order valence-electron chi connectivity index (χ1n) is 7.99. The van der Waals surface area contributed by atoms with Crippen LogP contribution in [0, 0.1) is 5.41 Å². The number of hydrogen-bond donors (Lipinski definition) is 1. The number of rotatable bonds is 3. The molecule has 0 unspecified atom stereocenters. The first-order valence-corrected chi connectivity index (χ1v) is 7.99. The summed E-state index contributed by atoms with van der Waals surface area (Å²) in [5, 5.41) is 0. The van der Waals surface area contributed by atoms with E-state index in [9.17, 15) is 4.79 Å². The van der Waals surface area contributed by atoms with Gasteiger partial charge in [-0.05, 0) is 25.7 Å². The Morgan fingerprint density at radius 1 is 1.05 bits per heavy atom. The van der Waals surface area contributed by atoms with Crippen molar-refractivity contribution in [2.24, 2.45) is 11.1 Å². The summed E-state index contributed by atoms with van der Waals surface area (Å²) < 4.78 is 0. The Bertz CT molecular complexity index is 326. The maximum absolute atomic E-state index is 12.7. The van der Waals surface area contributed by atoms with Crippen molar-refractivity contribution < 1.29 is 4.79 Å². The Labute approximate surface area is 116 Å². The van der Waals surface area contributed by atoms with Crippen LogP contribution in [0.5, 0.6) is 0 Å². The van der Waals surface area contributed by atoms with Gasteiger partial charge in [-0.1, -0.05) is 19.3 Å². The van der Waals surface area contributed by atoms with E-state index in [0.717, 1.165) is 45.1 Å². The van der Waals surface area contributed by atoms with Crippen LogP contribution in [0.15, 0.2) is 0 Å². The van der Waals surface area contributed by atoms with Crippen molar-refractivity contribution in [1.29, 1.82) is 0 Å². The first kappa shape index (κ1) is 13.4. The molecule has 0 spiro atoms. The molecule has 0 atom stereocenters. The van der Waals surface area contributed by atoms with Gasteiger partial charge in [-0.3, -0.25) is 9.69 Å². The Balaban J connectivity index is 1.56. The second-order valence-electron chi connectivity index (χ2n) is 6.60. The molecule has 108 valence electrons. The molecule has 3 rings (SSSR count). The van der Waals surface area contributed by atoms with Crippen LogP contribution in [0.1, 0.15) is 44.9 Å². The lowest BCUT2D eigenvalue weighted by molar-refractivity contribution is -0.143. The monoisotopic (exact) mass is 265 g/mol. The van der Waals surface area contributed by atoms with Gasteiger partial charge in [-0.15, -0.1) is 0 Å². The fraction of sp³-hybridized carbons (Fsp3) is 0.933. The molecule has 2 N–H and O–H groups in total. The van der Waals surface area contributed by atoms with Crippen LogP contribution < -0.4 is 5.73 Å². The molecule has 2 saturated carbocycles. The molecule has 1 amide bonds. The molecule has 1 heterocycles. The maximum atomic E-state index is 12.7. The van der Waals surface area contributed by atoms with Gasteiger partial charge >= 0.3 is 0 Å². The van der Waals surface area contributed by atoms with Crippen LogP contribution in [-0.2, 0) is 4.79 Å². The Kier molecular flexibility index (Phi) is 3.81. The molecule has 0 radical (unpaired) electrons. The van der Waals surface area contributed by atoms with Gasteiger partial charge in [0, 0.05) is 38.8 Å². The molecule has 3 fully saturated rings. The largest absolute Gasteiger partial charge is 0.340 e. The molecular formula is C15H27N3O. The van der Waals surface area contributed by atoms with Gasteiger partial charge in [0.15, 0.2) is 0 Å². The second-order valence-corrected chi connectivity index (χ2v) is 6.60. The number of nitrogens with zero attached hydrogens (tertiary/aromatic N) is 2. The topological polar surface area (TPSA) is 49.6 Å². The number of carbonyl (C=O) groups excluding carboxylic acids is 1. The highest BCUT2D eigenvalue weighted by Crippen LogP contribution is 2.39. The van der Waals surface area contributed by atoms with Crippen LogP contribution in [0.25, 0.3) is 0 Å². The standard InChI is InChI=1S/C15H27N3O/c16-12-15(6-1-2-7-15)14(19)18-10-8-17(9-11-18)13-4-3-5-13/h13H,1-12,16H2. The minimum absolute atomic E-state index is 0.210. The van der Waals surface area contributed by atoms with Crippen LogP contribution in [0.4, 0.5) is 0 Å². The van der Waals surface area contributed by atoms with E-state index >= 15 is 0 Å². The lowest BCUT2D eigenvalue weighted by atomic mass is 9.84. The zero-order chi connectivity index (χ0) is 13.3. The van der Waals surface area contributed by atoms with E-state index < -0.39 is 0 Å². The van der Waals surface area contributed by atoms with Crippen molar-refractivity contribution in [1.82, 2.24) is 9.80 Å². The van der Waals surface area contributed by atoms with E-state index in [1.165, 1.54) is 32.1 Å². The summed E-state index contributed by atoms with van der Waals surface area (Å²) in [6.45, 7) is 4.50. The molecule has 0 aromatic heterocycles. The first-order chi connectivity index (χ1) is 9.25. The van der Waals surface area contributed by atoms with E-state index in [1.54, 1.807) is 0 Å². The van der Waals surface area contributed by atoms with Crippen LogP contribution in [-0.4, -0.2) is 54.5 Å². The number of amides is 1. The average molecular weight is 265 g/mol. The van der Waals surface area contributed by atoms with E-state index in [2.05, 4.69) is 9.80 Å². The highest BCUT2D eigenvalue weighted by Gasteiger charge is 2.43. The fourth-order valence-electron chi connectivity index (χ4n) is 3.93. The van der Waals surface area contributed by atoms with Gasteiger partial charge in [-0.25, -0.2) is 0 Å². The van der Waals surface area contributed by atoms with E-state index in [-0.39, 0.29) is 5.41 Å². The number of hydrogen-bond acceptors (Lipinski definition) is 3. The minimum Gasteiger partial charge on any atom is -0.340 e. The zero-order valence-corrected chi connectivity index (χ0v) is 11.9. The highest BCUT2D eigenvalue weighted by atomic mass is 16.2. The number of nitrogens with two attached hydrogens (primary N) is 1. The lowest BCUT2D eigenvalue weighted by Gasteiger charge is -2.44. The molecule has 0 aromatic rings. The van der Waals surface area contributed by atoms with Crippen molar-refractivity contribution in [3.8, 4) is 0 Å². The minimum atomic E-state index is -0.210. The average Bonchev–Trinajstić information content (AvgIpc) is 2.87. The molecule has 1 saturated heterocycles. The molecule has 3 aliphatic rings. The van der Waals surface area contributed by atoms with E-state index in [4.69, 9.17) is 5.73 Å². The summed E-state index contributed by atoms with van der Waals surface area (Å²) in [6.07, 6.45) is 8.47. The lowest BCUT2D eigenvalue weighted by Crippen LogP contribution is -2.57. The van der Waals surface area contributed by atoms with Crippen molar-refractivity contribution >= 4 is 5.91 Å². The summed E-state index contributed by atoms with van der Waals surface area (Å²) in [7, 11) is 0.